The van der Waals surface area contributed by atoms with Crippen LogP contribution in [0.15, 0.2) is 121 Å². The Kier molecular flexibility index (Phi) is 7.19. The number of hydrogen-bond acceptors (Lipinski definition) is 0. The lowest BCUT2D eigenvalue weighted by atomic mass is 9.13. The Morgan fingerprint density at radius 1 is 0.548 bits per heavy atom. The normalized spacial score (nSPS) is 15.5. The van der Waals surface area contributed by atoms with Gasteiger partial charge in [-0.25, -0.2) is 0 Å². The van der Waals surface area contributed by atoms with Crippen molar-refractivity contribution in [3.63, 3.8) is 0 Å². The zero-order chi connectivity index (χ0) is 21.4. The summed E-state index contributed by atoms with van der Waals surface area (Å²) >= 11 is 0. The summed E-state index contributed by atoms with van der Waals surface area (Å²) in [5.41, 5.74) is 7.66. The van der Waals surface area contributed by atoms with Crippen molar-refractivity contribution in [1.82, 2.24) is 0 Å². The van der Waals surface area contributed by atoms with E-state index in [1.807, 2.05) is 0 Å². The highest BCUT2D eigenvalue weighted by molar-refractivity contribution is 8.14. The lowest BCUT2D eigenvalue weighted by Crippen LogP contribution is -2.80. The van der Waals surface area contributed by atoms with E-state index in [0.29, 0.717) is 10.5 Å². The summed E-state index contributed by atoms with van der Waals surface area (Å²) in [6.07, 6.45) is 1.07. The second kappa shape index (κ2) is 10.4. The van der Waals surface area contributed by atoms with E-state index in [-0.39, 0.29) is 0 Å². The molecule has 0 aromatic heterocycles. The van der Waals surface area contributed by atoms with Gasteiger partial charge in [-0.05, 0) is 6.26 Å². The lowest BCUT2D eigenvalue weighted by Gasteiger charge is -2.44. The molecule has 0 fully saturated rings. The molecule has 1 aliphatic rings. The summed E-state index contributed by atoms with van der Waals surface area (Å²) < 4.78 is 0. The summed E-state index contributed by atoms with van der Waals surface area (Å²) in [7, 11) is 0.647. The van der Waals surface area contributed by atoms with Gasteiger partial charge in [-0.1, -0.05) is 121 Å². The standard InChI is InChI=1S/C24H20B.C4H9NS/c1-5-13-21(14-6-1)25(22-15-7-2-8-16-22,23-17-9-3-10-18-23)24-19-11-4-12-20-24;1-6-3-2-5-4-6/h1-20H;4-5H,2-3H2,1H3/q-1;/p+1. The maximum atomic E-state index is 2.31. The Balaban J connectivity index is 0.000000334. The first kappa shape index (κ1) is 21.4. The second-order valence-electron chi connectivity index (χ2n) is 8.06. The third-order valence-corrected chi connectivity index (χ3v) is 7.67. The van der Waals surface area contributed by atoms with Crippen molar-refractivity contribution in [1.29, 1.82) is 0 Å². The van der Waals surface area contributed by atoms with Gasteiger partial charge < -0.3 is 5.32 Å². The Bertz CT molecular complexity index is 933. The Morgan fingerprint density at radius 2 is 0.871 bits per heavy atom. The largest absolute Gasteiger partial charge is 0.314 e. The zero-order valence-corrected chi connectivity index (χ0v) is 18.9. The second-order valence-corrected chi connectivity index (χ2v) is 10.1. The molecule has 4 aromatic rings. The SMILES string of the molecule is CS1=C[NH2+]CC1.c1ccc([B-](c2ccccc2)(c2ccccc2)c2ccccc2)cc1. The average Bonchev–Trinajstić information content (AvgIpc) is 3.34. The van der Waals surface area contributed by atoms with E-state index in [1.54, 1.807) is 0 Å². The number of benzene rings is 4. The van der Waals surface area contributed by atoms with Gasteiger partial charge in [0, 0.05) is 5.75 Å². The van der Waals surface area contributed by atoms with Crippen LogP contribution in [0.4, 0.5) is 0 Å². The number of rotatable bonds is 4. The van der Waals surface area contributed by atoms with E-state index in [4.69, 9.17) is 0 Å². The van der Waals surface area contributed by atoms with Crippen molar-refractivity contribution >= 4 is 44.0 Å². The molecule has 0 saturated heterocycles. The number of hydrogen-bond donors (Lipinski definition) is 1. The van der Waals surface area contributed by atoms with Crippen LogP contribution in [-0.4, -0.2) is 30.2 Å². The monoisotopic (exact) mass is 423 g/mol. The first-order valence-electron chi connectivity index (χ1n) is 11.0. The molecule has 1 nitrogen and oxygen atoms in total. The smallest absolute Gasteiger partial charge is 0.117 e. The molecule has 0 amide bonds. The average molecular weight is 423 g/mol. The first-order valence-corrected chi connectivity index (χ1v) is 12.8. The summed E-state index contributed by atoms with van der Waals surface area (Å²) in [6.45, 7) is 1.32. The fourth-order valence-electron chi connectivity index (χ4n) is 4.68. The minimum Gasteiger partial charge on any atom is -0.314 e. The van der Waals surface area contributed by atoms with Crippen LogP contribution in [0.25, 0.3) is 0 Å². The van der Waals surface area contributed by atoms with Crippen LogP contribution in [-0.2, 0) is 0 Å². The predicted octanol–water partition coefficient (Wildman–Crippen LogP) is 2.29. The molecule has 0 bridgehead atoms. The van der Waals surface area contributed by atoms with Crippen molar-refractivity contribution in [2.75, 3.05) is 18.6 Å². The highest BCUT2D eigenvalue weighted by Crippen LogP contribution is 2.09. The highest BCUT2D eigenvalue weighted by atomic mass is 32.2. The van der Waals surface area contributed by atoms with Crippen LogP contribution in [0, 0.1) is 0 Å². The van der Waals surface area contributed by atoms with E-state index in [2.05, 4.69) is 138 Å². The summed E-state index contributed by atoms with van der Waals surface area (Å²) in [4.78, 5) is 0. The minimum atomic E-state index is -1.22. The first-order chi connectivity index (χ1) is 15.3. The third kappa shape index (κ3) is 4.74. The van der Waals surface area contributed by atoms with Gasteiger partial charge in [0.15, 0.2) is 0 Å². The molecule has 1 unspecified atom stereocenters. The predicted molar refractivity (Wildman–Crippen MR) is 141 cm³/mol. The van der Waals surface area contributed by atoms with Crippen LogP contribution in [0.1, 0.15) is 0 Å². The Labute approximate surface area is 189 Å². The van der Waals surface area contributed by atoms with E-state index >= 15 is 0 Å². The van der Waals surface area contributed by atoms with Crippen LogP contribution < -0.4 is 27.2 Å². The molecule has 31 heavy (non-hydrogen) atoms. The molecule has 0 saturated carbocycles. The molecule has 0 spiro atoms. The molecule has 0 radical (unpaired) electrons. The maximum Gasteiger partial charge on any atom is 0.117 e. The number of quaternary nitrogens is 1. The van der Waals surface area contributed by atoms with Gasteiger partial charge in [0.05, 0.1) is 6.54 Å². The lowest BCUT2D eigenvalue weighted by molar-refractivity contribution is -0.518. The van der Waals surface area contributed by atoms with Crippen molar-refractivity contribution in [2.24, 2.45) is 0 Å². The molecule has 5 rings (SSSR count). The molecule has 4 aromatic carbocycles. The number of nitrogens with two attached hydrogens (primary N) is 1. The molecule has 2 N–H and O–H groups in total. The van der Waals surface area contributed by atoms with Gasteiger partial charge in [0.1, 0.15) is 11.6 Å². The maximum absolute atomic E-state index is 2.31. The van der Waals surface area contributed by atoms with Gasteiger partial charge in [-0.3, -0.25) is 0 Å². The Morgan fingerprint density at radius 3 is 1.06 bits per heavy atom. The van der Waals surface area contributed by atoms with Gasteiger partial charge in [0.2, 0.25) is 0 Å². The van der Waals surface area contributed by atoms with E-state index < -0.39 is 6.15 Å². The molecular formula is C28H30BNS. The molecule has 1 aliphatic heterocycles. The van der Waals surface area contributed by atoms with Gasteiger partial charge in [-0.15, -0.1) is 10.5 Å². The van der Waals surface area contributed by atoms with Crippen LogP contribution in [0.3, 0.4) is 0 Å². The molecule has 0 aliphatic carbocycles. The zero-order valence-electron chi connectivity index (χ0n) is 18.1. The molecular weight excluding hydrogens is 393 g/mol. The molecule has 156 valence electrons. The van der Waals surface area contributed by atoms with Crippen molar-refractivity contribution in [3.8, 4) is 0 Å². The summed E-state index contributed by atoms with van der Waals surface area (Å²) in [5, 5.41) is 2.27. The fourth-order valence-corrected chi connectivity index (χ4v) is 5.78. The van der Waals surface area contributed by atoms with Gasteiger partial charge in [-0.2, -0.15) is 21.9 Å². The highest BCUT2D eigenvalue weighted by Gasteiger charge is 2.30. The fraction of sp³-hybridized carbons (Fsp3) is 0.107. The van der Waals surface area contributed by atoms with Crippen LogP contribution in [0.5, 0.6) is 0 Å². The minimum absolute atomic E-state index is 0.647. The van der Waals surface area contributed by atoms with Crippen molar-refractivity contribution < 1.29 is 5.32 Å². The van der Waals surface area contributed by atoms with Crippen LogP contribution >= 0.6 is 10.5 Å². The topological polar surface area (TPSA) is 16.6 Å². The van der Waals surface area contributed by atoms with E-state index in [9.17, 15) is 0 Å². The summed E-state index contributed by atoms with van der Waals surface area (Å²) in [5.74, 6) is 1.40. The van der Waals surface area contributed by atoms with Gasteiger partial charge >= 0.3 is 0 Å². The molecule has 3 heteroatoms. The van der Waals surface area contributed by atoms with Crippen molar-refractivity contribution in [3.05, 3.63) is 121 Å². The van der Waals surface area contributed by atoms with E-state index in [1.165, 1.54) is 34.1 Å². The van der Waals surface area contributed by atoms with Crippen LogP contribution in [0.2, 0.25) is 0 Å². The quantitative estimate of drug-likeness (QED) is 0.383. The van der Waals surface area contributed by atoms with Gasteiger partial charge in [0.25, 0.3) is 0 Å². The van der Waals surface area contributed by atoms with Crippen molar-refractivity contribution in [2.45, 2.75) is 0 Å². The summed E-state index contributed by atoms with van der Waals surface area (Å²) in [6, 6.07) is 43.5. The van der Waals surface area contributed by atoms with E-state index in [0.717, 1.165) is 0 Å². The third-order valence-electron chi connectivity index (χ3n) is 6.13. The molecule has 1 atom stereocenters. The molecule has 1 heterocycles. The Hall–Kier alpha value is -2.88.